The molecule has 1 aliphatic heterocycles. The van der Waals surface area contributed by atoms with Gasteiger partial charge in [-0.05, 0) is 18.4 Å². The van der Waals surface area contributed by atoms with E-state index in [4.69, 9.17) is 4.74 Å². The molecule has 2 unspecified atom stereocenters. The first-order valence-corrected chi connectivity index (χ1v) is 4.27. The van der Waals surface area contributed by atoms with Crippen LogP contribution < -0.4 is 0 Å². The average Bonchev–Trinajstić information content (AvgIpc) is 2.59. The summed E-state index contributed by atoms with van der Waals surface area (Å²) in [6.07, 6.45) is 10.0. The molecule has 0 radical (unpaired) electrons. The van der Waals surface area contributed by atoms with Gasteiger partial charge in [-0.25, -0.2) is 0 Å². The summed E-state index contributed by atoms with van der Waals surface area (Å²) >= 11 is 0. The van der Waals surface area contributed by atoms with Gasteiger partial charge >= 0.3 is 0 Å². The van der Waals surface area contributed by atoms with Crippen LogP contribution in [0.25, 0.3) is 0 Å². The Hall–Kier alpha value is -0.560. The van der Waals surface area contributed by atoms with E-state index in [-0.39, 0.29) is 5.60 Å². The lowest BCUT2D eigenvalue weighted by molar-refractivity contribution is 0.305. The van der Waals surface area contributed by atoms with Crippen LogP contribution in [0.3, 0.4) is 0 Å². The van der Waals surface area contributed by atoms with E-state index in [1.165, 1.54) is 0 Å². The highest BCUT2D eigenvalue weighted by Gasteiger charge is 2.53. The summed E-state index contributed by atoms with van der Waals surface area (Å²) in [5.41, 5.74) is 0.100. The number of rotatable bonds is 2. The van der Waals surface area contributed by atoms with Gasteiger partial charge in [0.25, 0.3) is 0 Å². The summed E-state index contributed by atoms with van der Waals surface area (Å²) in [4.78, 5) is 0. The first kappa shape index (κ1) is 7.11. The summed E-state index contributed by atoms with van der Waals surface area (Å²) in [5.74, 6) is 0.719. The predicted molar refractivity (Wildman–Crippen MR) is 45.3 cm³/mol. The molecule has 1 saturated heterocycles. The molecule has 0 amide bonds. The molecule has 1 nitrogen and oxygen atoms in total. The summed E-state index contributed by atoms with van der Waals surface area (Å²) in [7, 11) is 0. The van der Waals surface area contributed by atoms with E-state index in [0.29, 0.717) is 6.10 Å². The minimum absolute atomic E-state index is 0.100. The van der Waals surface area contributed by atoms with Gasteiger partial charge in [0.2, 0.25) is 0 Å². The van der Waals surface area contributed by atoms with Crippen LogP contribution in [0.2, 0.25) is 0 Å². The largest absolute Gasteiger partial charge is 0.357 e. The lowest BCUT2D eigenvalue weighted by Gasteiger charge is -2.11. The molecule has 0 spiro atoms. The molecule has 0 aromatic rings. The molecule has 1 heterocycles. The van der Waals surface area contributed by atoms with Gasteiger partial charge in [-0.1, -0.05) is 32.1 Å². The van der Waals surface area contributed by atoms with Gasteiger partial charge < -0.3 is 4.74 Å². The Morgan fingerprint density at radius 3 is 2.91 bits per heavy atom. The molecule has 2 aliphatic rings. The molecule has 0 aromatic heterocycles. The third-order valence-corrected chi connectivity index (χ3v) is 2.27. The molecule has 1 fully saturated rings. The Bertz CT molecular complexity index is 215. The fraction of sp³-hybridized carbons (Fsp3) is 0.600. The maximum Gasteiger partial charge on any atom is 0.117 e. The van der Waals surface area contributed by atoms with E-state index in [9.17, 15) is 0 Å². The Balaban J connectivity index is 2.05. The molecule has 0 saturated carbocycles. The Morgan fingerprint density at radius 1 is 1.45 bits per heavy atom. The van der Waals surface area contributed by atoms with Crippen molar-refractivity contribution in [3.8, 4) is 0 Å². The van der Waals surface area contributed by atoms with Crippen LogP contribution in [0, 0.1) is 5.92 Å². The number of epoxide rings is 1. The van der Waals surface area contributed by atoms with E-state index >= 15 is 0 Å². The molecule has 0 aromatic carbocycles. The van der Waals surface area contributed by atoms with Crippen molar-refractivity contribution in [1.82, 2.24) is 0 Å². The number of fused-ring (bicyclic) bond motifs is 1. The zero-order chi connectivity index (χ0) is 7.90. The molecule has 2 atom stereocenters. The minimum atomic E-state index is 0.100. The van der Waals surface area contributed by atoms with E-state index in [1.807, 2.05) is 0 Å². The van der Waals surface area contributed by atoms with Gasteiger partial charge in [0.15, 0.2) is 0 Å². The number of hydrogen-bond acceptors (Lipinski definition) is 1. The smallest absolute Gasteiger partial charge is 0.117 e. The fourth-order valence-corrected chi connectivity index (χ4v) is 1.79. The maximum absolute atomic E-state index is 5.60. The average molecular weight is 150 g/mol. The Morgan fingerprint density at radius 2 is 2.27 bits per heavy atom. The topological polar surface area (TPSA) is 12.5 Å². The molecule has 0 bridgehead atoms. The van der Waals surface area contributed by atoms with Crippen LogP contribution in [-0.4, -0.2) is 11.7 Å². The van der Waals surface area contributed by atoms with Gasteiger partial charge in [0, 0.05) is 0 Å². The molecule has 11 heavy (non-hydrogen) atoms. The highest BCUT2D eigenvalue weighted by Crippen LogP contribution is 2.45. The molecule has 1 heteroatoms. The first-order chi connectivity index (χ1) is 5.23. The first-order valence-electron chi connectivity index (χ1n) is 4.27. The second-order valence-electron chi connectivity index (χ2n) is 3.84. The van der Waals surface area contributed by atoms with Crippen LogP contribution in [0.5, 0.6) is 0 Å². The highest BCUT2D eigenvalue weighted by atomic mass is 16.6. The van der Waals surface area contributed by atoms with E-state index in [2.05, 4.69) is 38.2 Å². The third-order valence-electron chi connectivity index (χ3n) is 2.27. The van der Waals surface area contributed by atoms with Crippen molar-refractivity contribution in [1.29, 1.82) is 0 Å². The van der Waals surface area contributed by atoms with Gasteiger partial charge in [-0.2, -0.15) is 0 Å². The normalized spacial score (nSPS) is 39.4. The van der Waals surface area contributed by atoms with Crippen molar-refractivity contribution in [3.63, 3.8) is 0 Å². The van der Waals surface area contributed by atoms with Crippen molar-refractivity contribution in [3.05, 3.63) is 24.3 Å². The second kappa shape index (κ2) is 2.21. The highest BCUT2D eigenvalue weighted by molar-refractivity contribution is 5.31. The SMILES string of the molecule is CC(C)CC12C=CC=CC1O2. The van der Waals surface area contributed by atoms with Crippen LogP contribution in [0.15, 0.2) is 24.3 Å². The summed E-state index contributed by atoms with van der Waals surface area (Å²) in [6.45, 7) is 4.47. The zero-order valence-electron chi connectivity index (χ0n) is 7.08. The van der Waals surface area contributed by atoms with Crippen LogP contribution in [0.1, 0.15) is 20.3 Å². The third kappa shape index (κ3) is 1.14. The fourth-order valence-electron chi connectivity index (χ4n) is 1.79. The van der Waals surface area contributed by atoms with Crippen LogP contribution in [-0.2, 0) is 4.74 Å². The van der Waals surface area contributed by atoms with Crippen molar-refractivity contribution < 1.29 is 4.74 Å². The molecule has 1 aliphatic carbocycles. The monoisotopic (exact) mass is 150 g/mol. The van der Waals surface area contributed by atoms with E-state index in [1.54, 1.807) is 0 Å². The quantitative estimate of drug-likeness (QED) is 0.550. The maximum atomic E-state index is 5.60. The zero-order valence-corrected chi connectivity index (χ0v) is 7.08. The molecule has 2 rings (SSSR count). The van der Waals surface area contributed by atoms with Crippen molar-refractivity contribution >= 4 is 0 Å². The molecular formula is C10H14O. The van der Waals surface area contributed by atoms with E-state index in [0.717, 1.165) is 12.3 Å². The van der Waals surface area contributed by atoms with Crippen molar-refractivity contribution in [2.75, 3.05) is 0 Å². The van der Waals surface area contributed by atoms with Gasteiger partial charge in [-0.3, -0.25) is 0 Å². The lowest BCUT2D eigenvalue weighted by atomic mass is 9.91. The summed E-state index contributed by atoms with van der Waals surface area (Å²) in [5, 5.41) is 0. The predicted octanol–water partition coefficient (Wildman–Crippen LogP) is 2.30. The molecular weight excluding hydrogens is 136 g/mol. The number of ether oxygens (including phenoxy) is 1. The van der Waals surface area contributed by atoms with E-state index < -0.39 is 0 Å². The van der Waals surface area contributed by atoms with Gasteiger partial charge in [-0.15, -0.1) is 0 Å². The second-order valence-corrected chi connectivity index (χ2v) is 3.84. The molecule has 60 valence electrons. The Kier molecular flexibility index (Phi) is 1.43. The van der Waals surface area contributed by atoms with Gasteiger partial charge in [0.1, 0.15) is 11.7 Å². The van der Waals surface area contributed by atoms with Crippen molar-refractivity contribution in [2.24, 2.45) is 5.92 Å². The Labute approximate surface area is 67.7 Å². The molecule has 0 N–H and O–H groups in total. The summed E-state index contributed by atoms with van der Waals surface area (Å²) < 4.78 is 5.60. The van der Waals surface area contributed by atoms with Crippen molar-refractivity contribution in [2.45, 2.75) is 32.0 Å². The van der Waals surface area contributed by atoms with Crippen LogP contribution in [0.4, 0.5) is 0 Å². The van der Waals surface area contributed by atoms with Crippen LogP contribution >= 0.6 is 0 Å². The summed E-state index contributed by atoms with van der Waals surface area (Å²) in [6, 6.07) is 0. The van der Waals surface area contributed by atoms with Gasteiger partial charge in [0.05, 0.1) is 0 Å². The number of allylic oxidation sites excluding steroid dienone is 2. The lowest BCUT2D eigenvalue weighted by Crippen LogP contribution is -2.15. The minimum Gasteiger partial charge on any atom is -0.357 e. The standard InChI is InChI=1S/C10H14O/c1-8(2)7-10-6-4-3-5-9(10)11-10/h3-6,8-9H,7H2,1-2H3. The number of hydrogen-bond donors (Lipinski definition) is 0.